The molecule has 0 unspecified atom stereocenters. The predicted molar refractivity (Wildman–Crippen MR) is 103 cm³/mol. The summed E-state index contributed by atoms with van der Waals surface area (Å²) in [6.07, 6.45) is 4.16. The second kappa shape index (κ2) is 5.92. The molecule has 0 fully saturated rings. The van der Waals surface area contributed by atoms with E-state index in [9.17, 15) is 4.79 Å². The normalized spacial score (nSPS) is 13.6. The van der Waals surface area contributed by atoms with Crippen LogP contribution in [0.1, 0.15) is 15.9 Å². The van der Waals surface area contributed by atoms with Gasteiger partial charge in [0.15, 0.2) is 0 Å². The molecule has 0 saturated heterocycles. The fourth-order valence-electron chi connectivity index (χ4n) is 3.87. The summed E-state index contributed by atoms with van der Waals surface area (Å²) in [6, 6.07) is 20.9. The van der Waals surface area contributed by atoms with E-state index in [4.69, 9.17) is 0 Å². The molecule has 4 aromatic rings. The molecule has 0 saturated carbocycles. The number of hydrogen-bond acceptors (Lipinski definition) is 1. The van der Waals surface area contributed by atoms with Crippen LogP contribution in [0.4, 0.5) is 0 Å². The Balaban J connectivity index is 1.64. The van der Waals surface area contributed by atoms with Crippen LogP contribution in [0.25, 0.3) is 22.2 Å². The van der Waals surface area contributed by atoms with Gasteiger partial charge in [-0.2, -0.15) is 0 Å². The van der Waals surface area contributed by atoms with Crippen LogP contribution in [0.3, 0.4) is 0 Å². The first-order valence-corrected chi connectivity index (χ1v) is 8.90. The van der Waals surface area contributed by atoms with Gasteiger partial charge in [-0.05, 0) is 41.5 Å². The Morgan fingerprint density at radius 1 is 0.962 bits per heavy atom. The number of benzene rings is 2. The quantitative estimate of drug-likeness (QED) is 0.603. The van der Waals surface area contributed by atoms with Crippen molar-refractivity contribution < 1.29 is 4.79 Å². The van der Waals surface area contributed by atoms with E-state index >= 15 is 0 Å². The summed E-state index contributed by atoms with van der Waals surface area (Å²) in [5.41, 5.74) is 5.41. The summed E-state index contributed by atoms with van der Waals surface area (Å²) in [5, 5.41) is 4.11. The molecule has 5 rings (SSSR count). The second-order valence-corrected chi connectivity index (χ2v) is 6.74. The van der Waals surface area contributed by atoms with Crippen molar-refractivity contribution in [3.63, 3.8) is 0 Å². The Hall–Kier alpha value is -3.27. The predicted octanol–water partition coefficient (Wildman–Crippen LogP) is 3.90. The number of aromatic nitrogens is 2. The molecule has 0 atom stereocenters. The standard InChI is InChI=1S/C22H19N3O/c26-22-19-8-4-7-18-14-20(25(21(18)19)12-9-23-22)17-6-3-5-16(13-17)15-24-10-1-2-11-24/h1-8,10-11,13-14H,9,12,15H2,(H,23,26). The highest BCUT2D eigenvalue weighted by Gasteiger charge is 2.20. The van der Waals surface area contributed by atoms with Crippen molar-refractivity contribution in [2.45, 2.75) is 13.1 Å². The first-order chi connectivity index (χ1) is 12.8. The van der Waals surface area contributed by atoms with Crippen LogP contribution in [-0.2, 0) is 13.1 Å². The number of carbonyl (C=O) groups is 1. The van der Waals surface area contributed by atoms with Crippen LogP contribution < -0.4 is 5.32 Å². The van der Waals surface area contributed by atoms with Gasteiger partial charge in [-0.15, -0.1) is 0 Å². The van der Waals surface area contributed by atoms with Gasteiger partial charge >= 0.3 is 0 Å². The Morgan fingerprint density at radius 3 is 2.69 bits per heavy atom. The van der Waals surface area contributed by atoms with Gasteiger partial charge in [0.05, 0.1) is 11.1 Å². The molecule has 0 radical (unpaired) electrons. The highest BCUT2D eigenvalue weighted by Crippen LogP contribution is 2.31. The van der Waals surface area contributed by atoms with Gasteiger partial charge < -0.3 is 14.5 Å². The van der Waals surface area contributed by atoms with Gasteiger partial charge in [-0.1, -0.05) is 30.3 Å². The van der Waals surface area contributed by atoms with Gasteiger partial charge in [-0.25, -0.2) is 0 Å². The average molecular weight is 341 g/mol. The van der Waals surface area contributed by atoms with Crippen molar-refractivity contribution in [1.29, 1.82) is 0 Å². The number of carbonyl (C=O) groups excluding carboxylic acids is 1. The number of hydrogen-bond donors (Lipinski definition) is 1. The maximum atomic E-state index is 12.3. The summed E-state index contributed by atoms with van der Waals surface area (Å²) in [4.78, 5) is 12.3. The largest absolute Gasteiger partial charge is 0.350 e. The van der Waals surface area contributed by atoms with Crippen LogP contribution in [0.5, 0.6) is 0 Å². The Labute approximate surface area is 151 Å². The SMILES string of the molecule is O=C1NCCn2c(-c3cccc(Cn4cccc4)c3)cc3cccc1c32. The van der Waals surface area contributed by atoms with E-state index in [2.05, 4.69) is 63.2 Å². The molecule has 1 aliphatic heterocycles. The zero-order chi connectivity index (χ0) is 17.5. The minimum atomic E-state index is 0.0142. The molecule has 1 aliphatic rings. The van der Waals surface area contributed by atoms with Crippen molar-refractivity contribution in [3.8, 4) is 11.3 Å². The lowest BCUT2D eigenvalue weighted by Crippen LogP contribution is -2.24. The van der Waals surface area contributed by atoms with E-state index < -0.39 is 0 Å². The summed E-state index contributed by atoms with van der Waals surface area (Å²) >= 11 is 0. The molecule has 0 bridgehead atoms. The summed E-state index contributed by atoms with van der Waals surface area (Å²) in [7, 11) is 0. The molecule has 26 heavy (non-hydrogen) atoms. The number of rotatable bonds is 3. The van der Waals surface area contributed by atoms with Crippen molar-refractivity contribution in [1.82, 2.24) is 14.5 Å². The molecular weight excluding hydrogens is 322 g/mol. The van der Waals surface area contributed by atoms with E-state index in [-0.39, 0.29) is 5.91 Å². The maximum absolute atomic E-state index is 12.3. The molecule has 0 spiro atoms. The third-order valence-corrected chi connectivity index (χ3v) is 5.04. The van der Waals surface area contributed by atoms with Crippen molar-refractivity contribution in [3.05, 3.63) is 84.2 Å². The first-order valence-electron chi connectivity index (χ1n) is 8.90. The van der Waals surface area contributed by atoms with Crippen LogP contribution in [0, 0.1) is 0 Å². The van der Waals surface area contributed by atoms with E-state index in [1.54, 1.807) is 0 Å². The molecule has 2 aromatic carbocycles. The molecule has 1 amide bonds. The minimum absolute atomic E-state index is 0.0142. The minimum Gasteiger partial charge on any atom is -0.350 e. The molecule has 3 heterocycles. The molecular formula is C22H19N3O. The van der Waals surface area contributed by atoms with Gasteiger partial charge in [0.25, 0.3) is 5.91 Å². The average Bonchev–Trinajstić information content (AvgIpc) is 3.25. The molecule has 2 aromatic heterocycles. The molecule has 4 nitrogen and oxygen atoms in total. The van der Waals surface area contributed by atoms with E-state index in [0.29, 0.717) is 6.54 Å². The maximum Gasteiger partial charge on any atom is 0.253 e. The van der Waals surface area contributed by atoms with E-state index in [0.717, 1.165) is 29.6 Å². The van der Waals surface area contributed by atoms with Gasteiger partial charge in [0.1, 0.15) is 0 Å². The summed E-state index contributed by atoms with van der Waals surface area (Å²) in [6.45, 7) is 2.28. The van der Waals surface area contributed by atoms with Crippen LogP contribution in [0.15, 0.2) is 73.1 Å². The van der Waals surface area contributed by atoms with Crippen LogP contribution in [-0.4, -0.2) is 21.6 Å². The summed E-state index contributed by atoms with van der Waals surface area (Å²) in [5.74, 6) is 0.0142. The second-order valence-electron chi connectivity index (χ2n) is 6.74. The van der Waals surface area contributed by atoms with Gasteiger partial charge in [0, 0.05) is 43.1 Å². The van der Waals surface area contributed by atoms with Crippen molar-refractivity contribution in [2.24, 2.45) is 0 Å². The van der Waals surface area contributed by atoms with E-state index in [1.807, 2.05) is 24.3 Å². The Morgan fingerprint density at radius 2 is 1.81 bits per heavy atom. The van der Waals surface area contributed by atoms with Crippen LogP contribution in [0.2, 0.25) is 0 Å². The third-order valence-electron chi connectivity index (χ3n) is 5.04. The smallest absolute Gasteiger partial charge is 0.253 e. The van der Waals surface area contributed by atoms with E-state index in [1.165, 1.54) is 16.8 Å². The third kappa shape index (κ3) is 2.42. The molecule has 1 N–H and O–H groups in total. The van der Waals surface area contributed by atoms with Crippen molar-refractivity contribution >= 4 is 16.8 Å². The number of nitrogens with one attached hydrogen (secondary N) is 1. The number of nitrogens with zero attached hydrogens (tertiary/aromatic N) is 2. The highest BCUT2D eigenvalue weighted by atomic mass is 16.1. The van der Waals surface area contributed by atoms with Gasteiger partial charge in [0.2, 0.25) is 0 Å². The number of amides is 1. The Bertz CT molecular complexity index is 1110. The fourth-order valence-corrected chi connectivity index (χ4v) is 3.87. The zero-order valence-electron chi connectivity index (χ0n) is 14.4. The monoisotopic (exact) mass is 341 g/mol. The highest BCUT2D eigenvalue weighted by molar-refractivity contribution is 6.07. The lowest BCUT2D eigenvalue weighted by Gasteiger charge is -2.11. The number of para-hydroxylation sites is 1. The lowest BCUT2D eigenvalue weighted by atomic mass is 10.1. The summed E-state index contributed by atoms with van der Waals surface area (Å²) < 4.78 is 4.45. The topological polar surface area (TPSA) is 39.0 Å². The van der Waals surface area contributed by atoms with Crippen LogP contribution >= 0.6 is 0 Å². The Kier molecular flexibility index (Phi) is 3.42. The molecule has 128 valence electrons. The fraction of sp³-hybridized carbons (Fsp3) is 0.136. The first kappa shape index (κ1) is 15.0. The lowest BCUT2D eigenvalue weighted by molar-refractivity contribution is 0.0956. The van der Waals surface area contributed by atoms with Gasteiger partial charge in [-0.3, -0.25) is 4.79 Å². The zero-order valence-corrected chi connectivity index (χ0v) is 14.4. The molecule has 0 aliphatic carbocycles. The molecule has 4 heteroatoms. The van der Waals surface area contributed by atoms with Crippen molar-refractivity contribution in [2.75, 3.05) is 6.54 Å².